The van der Waals surface area contributed by atoms with E-state index in [4.69, 9.17) is 18.9 Å². The quantitative estimate of drug-likeness (QED) is 0.278. The molecule has 160 valence electrons. The summed E-state index contributed by atoms with van der Waals surface area (Å²) >= 11 is 0. The molecule has 0 fully saturated rings. The van der Waals surface area contributed by atoms with Crippen molar-refractivity contribution in [2.75, 3.05) is 13.2 Å². The standard InChI is InChI=1S/C25H24O6/c1-18(2)30-21-14-12-19(13-15-21)24(26)31-23-11-7-6-10-22(23)25(27)29-17-16-28-20-8-4-3-5-9-20/h3-15,18H,16-17H2,1-2H3. The van der Waals surface area contributed by atoms with Crippen LogP contribution in [0.5, 0.6) is 17.2 Å². The summed E-state index contributed by atoms with van der Waals surface area (Å²) < 4.78 is 21.8. The number of esters is 2. The van der Waals surface area contributed by atoms with Gasteiger partial charge >= 0.3 is 11.9 Å². The Hall–Kier alpha value is -3.80. The average Bonchev–Trinajstić information content (AvgIpc) is 2.78. The third kappa shape index (κ3) is 6.60. The summed E-state index contributed by atoms with van der Waals surface area (Å²) in [5.41, 5.74) is 0.505. The minimum atomic E-state index is -0.597. The molecule has 0 saturated carbocycles. The molecule has 3 aromatic rings. The van der Waals surface area contributed by atoms with Gasteiger partial charge < -0.3 is 18.9 Å². The van der Waals surface area contributed by atoms with E-state index in [0.29, 0.717) is 17.1 Å². The monoisotopic (exact) mass is 420 g/mol. The molecule has 0 aliphatic rings. The van der Waals surface area contributed by atoms with Crippen LogP contribution in [0, 0.1) is 0 Å². The number of hydrogen-bond acceptors (Lipinski definition) is 6. The van der Waals surface area contributed by atoms with Gasteiger partial charge in [0, 0.05) is 0 Å². The van der Waals surface area contributed by atoms with Crippen LogP contribution in [0.2, 0.25) is 0 Å². The summed E-state index contributed by atoms with van der Waals surface area (Å²) in [7, 11) is 0. The Morgan fingerprint density at radius 1 is 0.742 bits per heavy atom. The fraction of sp³-hybridized carbons (Fsp3) is 0.200. The molecule has 3 rings (SSSR count). The van der Waals surface area contributed by atoms with Gasteiger partial charge in [0.15, 0.2) is 0 Å². The van der Waals surface area contributed by atoms with Crippen molar-refractivity contribution in [2.45, 2.75) is 20.0 Å². The third-order valence-corrected chi connectivity index (χ3v) is 4.10. The maximum Gasteiger partial charge on any atom is 0.343 e. The zero-order valence-corrected chi connectivity index (χ0v) is 17.4. The molecule has 0 N–H and O–H groups in total. The maximum atomic E-state index is 12.5. The van der Waals surface area contributed by atoms with Crippen LogP contribution >= 0.6 is 0 Å². The van der Waals surface area contributed by atoms with Gasteiger partial charge in [-0.05, 0) is 62.4 Å². The number of ether oxygens (including phenoxy) is 4. The van der Waals surface area contributed by atoms with Gasteiger partial charge in [0.1, 0.15) is 36.0 Å². The molecule has 0 aliphatic heterocycles. The van der Waals surface area contributed by atoms with Gasteiger partial charge in [0.05, 0.1) is 11.7 Å². The number of carbonyl (C=O) groups excluding carboxylic acids is 2. The summed E-state index contributed by atoms with van der Waals surface area (Å²) in [6.45, 7) is 4.12. The van der Waals surface area contributed by atoms with Crippen LogP contribution < -0.4 is 14.2 Å². The zero-order valence-electron chi connectivity index (χ0n) is 17.4. The molecule has 0 unspecified atom stereocenters. The molecule has 0 amide bonds. The van der Waals surface area contributed by atoms with E-state index < -0.39 is 11.9 Å². The highest BCUT2D eigenvalue weighted by Crippen LogP contribution is 2.21. The molecule has 0 saturated heterocycles. The second kappa shape index (κ2) is 10.8. The lowest BCUT2D eigenvalue weighted by Gasteiger charge is -2.12. The smallest absolute Gasteiger partial charge is 0.343 e. The van der Waals surface area contributed by atoms with Crippen LogP contribution in [0.3, 0.4) is 0 Å². The first-order chi connectivity index (χ1) is 15.0. The second-order valence-electron chi connectivity index (χ2n) is 6.87. The highest BCUT2D eigenvalue weighted by molar-refractivity contribution is 5.96. The molecule has 31 heavy (non-hydrogen) atoms. The number of hydrogen-bond donors (Lipinski definition) is 0. The van der Waals surface area contributed by atoms with E-state index in [0.717, 1.165) is 0 Å². The van der Waals surface area contributed by atoms with Crippen LogP contribution in [0.4, 0.5) is 0 Å². The summed E-state index contributed by atoms with van der Waals surface area (Å²) in [4.78, 5) is 25.0. The fourth-order valence-electron chi connectivity index (χ4n) is 2.71. The molecule has 0 radical (unpaired) electrons. The Balaban J connectivity index is 1.57. The molecule has 0 atom stereocenters. The van der Waals surface area contributed by atoms with E-state index >= 15 is 0 Å². The van der Waals surface area contributed by atoms with Crippen molar-refractivity contribution in [1.29, 1.82) is 0 Å². The molecule has 0 spiro atoms. The first-order valence-corrected chi connectivity index (χ1v) is 9.96. The van der Waals surface area contributed by atoms with E-state index in [9.17, 15) is 9.59 Å². The van der Waals surface area contributed by atoms with Crippen LogP contribution in [0.25, 0.3) is 0 Å². The van der Waals surface area contributed by atoms with Crippen molar-refractivity contribution in [3.63, 3.8) is 0 Å². The van der Waals surface area contributed by atoms with Gasteiger partial charge in [-0.3, -0.25) is 0 Å². The van der Waals surface area contributed by atoms with Gasteiger partial charge in [-0.2, -0.15) is 0 Å². The van der Waals surface area contributed by atoms with Gasteiger partial charge in [0.25, 0.3) is 0 Å². The third-order valence-electron chi connectivity index (χ3n) is 4.10. The van der Waals surface area contributed by atoms with Gasteiger partial charge in [0.2, 0.25) is 0 Å². The summed E-state index contributed by atoms with van der Waals surface area (Å²) in [5, 5.41) is 0. The topological polar surface area (TPSA) is 71.1 Å². The van der Waals surface area contributed by atoms with E-state index in [1.165, 1.54) is 0 Å². The minimum Gasteiger partial charge on any atom is -0.491 e. The fourth-order valence-corrected chi connectivity index (χ4v) is 2.71. The first-order valence-electron chi connectivity index (χ1n) is 9.96. The lowest BCUT2D eigenvalue weighted by Crippen LogP contribution is -2.15. The summed E-state index contributed by atoms with van der Waals surface area (Å²) in [6, 6.07) is 22.3. The van der Waals surface area contributed by atoms with E-state index in [1.807, 2.05) is 44.2 Å². The minimum absolute atomic E-state index is 0.0359. The lowest BCUT2D eigenvalue weighted by atomic mass is 10.2. The highest BCUT2D eigenvalue weighted by Gasteiger charge is 2.17. The first kappa shape index (κ1) is 21.9. The second-order valence-corrected chi connectivity index (χ2v) is 6.87. The van der Waals surface area contributed by atoms with Crippen LogP contribution in [0.1, 0.15) is 34.6 Å². The molecule has 6 heteroatoms. The Morgan fingerprint density at radius 2 is 1.42 bits per heavy atom. The summed E-state index contributed by atoms with van der Waals surface area (Å²) in [5.74, 6) is 0.305. The normalized spacial score (nSPS) is 10.4. The van der Waals surface area contributed by atoms with Gasteiger partial charge in [-0.1, -0.05) is 30.3 Å². The molecule has 0 bridgehead atoms. The number of benzene rings is 3. The van der Waals surface area contributed by atoms with Crippen molar-refractivity contribution in [1.82, 2.24) is 0 Å². The lowest BCUT2D eigenvalue weighted by molar-refractivity contribution is 0.0445. The molecule has 0 aliphatic carbocycles. The Bertz CT molecular complexity index is 996. The Labute approximate surface area is 181 Å². The molecular formula is C25H24O6. The Kier molecular flexibility index (Phi) is 7.65. The number of para-hydroxylation sites is 2. The van der Waals surface area contributed by atoms with Crippen molar-refractivity contribution in [2.24, 2.45) is 0 Å². The van der Waals surface area contributed by atoms with E-state index in [-0.39, 0.29) is 30.6 Å². The molecule has 0 aromatic heterocycles. The zero-order chi connectivity index (χ0) is 22.1. The Morgan fingerprint density at radius 3 is 2.13 bits per heavy atom. The average molecular weight is 420 g/mol. The molecule has 6 nitrogen and oxygen atoms in total. The molecule has 0 heterocycles. The SMILES string of the molecule is CC(C)Oc1ccc(C(=O)Oc2ccccc2C(=O)OCCOc2ccccc2)cc1. The predicted molar refractivity (Wildman–Crippen MR) is 116 cm³/mol. The van der Waals surface area contributed by atoms with Crippen LogP contribution in [-0.4, -0.2) is 31.3 Å². The van der Waals surface area contributed by atoms with Crippen molar-refractivity contribution in [3.8, 4) is 17.2 Å². The summed E-state index contributed by atoms with van der Waals surface area (Å²) in [6.07, 6.45) is 0.0359. The van der Waals surface area contributed by atoms with Crippen molar-refractivity contribution >= 4 is 11.9 Å². The van der Waals surface area contributed by atoms with Crippen LogP contribution in [-0.2, 0) is 4.74 Å². The largest absolute Gasteiger partial charge is 0.491 e. The van der Waals surface area contributed by atoms with E-state index in [2.05, 4.69) is 0 Å². The maximum absolute atomic E-state index is 12.5. The number of carbonyl (C=O) groups is 2. The van der Waals surface area contributed by atoms with Crippen molar-refractivity contribution < 1.29 is 28.5 Å². The number of rotatable bonds is 9. The van der Waals surface area contributed by atoms with Crippen molar-refractivity contribution in [3.05, 3.63) is 90.0 Å². The predicted octanol–water partition coefficient (Wildman–Crippen LogP) is 4.93. The molecular weight excluding hydrogens is 396 g/mol. The van der Waals surface area contributed by atoms with E-state index in [1.54, 1.807) is 48.5 Å². The highest BCUT2D eigenvalue weighted by atomic mass is 16.6. The van der Waals surface area contributed by atoms with Gasteiger partial charge in [-0.25, -0.2) is 9.59 Å². The molecule has 3 aromatic carbocycles. The van der Waals surface area contributed by atoms with Crippen LogP contribution in [0.15, 0.2) is 78.9 Å². The van der Waals surface area contributed by atoms with Gasteiger partial charge in [-0.15, -0.1) is 0 Å².